The minimum absolute atomic E-state index is 0.151. The van der Waals surface area contributed by atoms with Crippen molar-refractivity contribution in [2.24, 2.45) is 0 Å². The van der Waals surface area contributed by atoms with Gasteiger partial charge in [-0.3, -0.25) is 4.98 Å². The van der Waals surface area contributed by atoms with Gasteiger partial charge in [0.2, 0.25) is 0 Å². The lowest BCUT2D eigenvalue weighted by molar-refractivity contribution is 0.509. The number of halogens is 2. The average Bonchev–Trinajstić information content (AvgIpc) is 2.14. The molecule has 0 aliphatic carbocycles. The summed E-state index contributed by atoms with van der Waals surface area (Å²) in [5, 5.41) is 3.42. The van der Waals surface area contributed by atoms with Gasteiger partial charge in [-0.05, 0) is 31.9 Å². The molecule has 0 aliphatic rings. The van der Waals surface area contributed by atoms with E-state index in [1.165, 1.54) is 12.3 Å². The van der Waals surface area contributed by atoms with Crippen LogP contribution in [-0.4, -0.2) is 16.4 Å². The Kier molecular flexibility index (Phi) is 4.99. The Balaban J connectivity index is 2.36. The summed E-state index contributed by atoms with van der Waals surface area (Å²) in [4.78, 5) is 3.78. The second kappa shape index (κ2) is 6.03. The van der Waals surface area contributed by atoms with E-state index in [-0.39, 0.29) is 11.2 Å². The van der Waals surface area contributed by atoms with E-state index in [0.717, 1.165) is 12.0 Å². The van der Waals surface area contributed by atoms with Crippen molar-refractivity contribution < 1.29 is 4.39 Å². The predicted molar refractivity (Wildman–Crippen MR) is 60.4 cm³/mol. The largest absolute Gasteiger partial charge is 0.310 e. The monoisotopic (exact) mass is 230 g/mol. The Morgan fingerprint density at radius 1 is 1.47 bits per heavy atom. The van der Waals surface area contributed by atoms with E-state index in [1.54, 1.807) is 6.20 Å². The topological polar surface area (TPSA) is 24.9 Å². The Bertz CT molecular complexity index is 304. The number of aromatic nitrogens is 1. The van der Waals surface area contributed by atoms with Gasteiger partial charge < -0.3 is 5.32 Å². The standard InChI is InChI=1S/C11H16ClFN2/c1-8(12)3-9(2)15-6-10-4-11(13)7-14-5-10/h4-5,7-9,15H,3,6H2,1-2H3. The molecule has 0 spiro atoms. The summed E-state index contributed by atoms with van der Waals surface area (Å²) < 4.78 is 12.8. The van der Waals surface area contributed by atoms with Gasteiger partial charge >= 0.3 is 0 Å². The number of nitrogens with zero attached hydrogens (tertiary/aromatic N) is 1. The van der Waals surface area contributed by atoms with E-state index in [2.05, 4.69) is 17.2 Å². The molecule has 2 unspecified atom stereocenters. The Labute approximate surface area is 94.9 Å². The van der Waals surface area contributed by atoms with Gasteiger partial charge in [-0.2, -0.15) is 0 Å². The van der Waals surface area contributed by atoms with Gasteiger partial charge in [-0.25, -0.2) is 4.39 Å². The number of rotatable bonds is 5. The summed E-state index contributed by atoms with van der Waals surface area (Å²) in [6.45, 7) is 4.64. The fourth-order valence-corrected chi connectivity index (χ4v) is 1.68. The number of nitrogens with one attached hydrogen (secondary N) is 1. The first-order valence-electron chi connectivity index (χ1n) is 5.05. The van der Waals surface area contributed by atoms with Gasteiger partial charge in [0.25, 0.3) is 0 Å². The molecule has 4 heteroatoms. The molecule has 0 saturated carbocycles. The van der Waals surface area contributed by atoms with E-state index in [1.807, 2.05) is 6.92 Å². The highest BCUT2D eigenvalue weighted by Gasteiger charge is 2.05. The van der Waals surface area contributed by atoms with E-state index in [0.29, 0.717) is 12.6 Å². The molecule has 1 N–H and O–H groups in total. The van der Waals surface area contributed by atoms with Crippen molar-refractivity contribution in [3.8, 4) is 0 Å². The van der Waals surface area contributed by atoms with Gasteiger partial charge in [0, 0.05) is 24.2 Å². The van der Waals surface area contributed by atoms with Crippen LogP contribution < -0.4 is 5.32 Å². The second-order valence-electron chi connectivity index (χ2n) is 3.81. The second-order valence-corrected chi connectivity index (χ2v) is 4.55. The third-order valence-corrected chi connectivity index (χ3v) is 2.27. The molecule has 1 aromatic rings. The van der Waals surface area contributed by atoms with Crippen molar-refractivity contribution in [1.29, 1.82) is 0 Å². The van der Waals surface area contributed by atoms with Crippen LogP contribution >= 0.6 is 11.6 Å². The molecule has 84 valence electrons. The van der Waals surface area contributed by atoms with Crippen LogP contribution in [-0.2, 0) is 6.54 Å². The van der Waals surface area contributed by atoms with Gasteiger partial charge in [0.1, 0.15) is 5.82 Å². The highest BCUT2D eigenvalue weighted by Crippen LogP contribution is 2.06. The minimum atomic E-state index is -0.298. The van der Waals surface area contributed by atoms with E-state index < -0.39 is 0 Å². The molecule has 2 nitrogen and oxygen atoms in total. The minimum Gasteiger partial charge on any atom is -0.310 e. The van der Waals surface area contributed by atoms with Gasteiger partial charge in [0.05, 0.1) is 6.20 Å². The highest BCUT2D eigenvalue weighted by atomic mass is 35.5. The third kappa shape index (κ3) is 5.09. The van der Waals surface area contributed by atoms with Crippen molar-refractivity contribution in [3.05, 3.63) is 29.8 Å². The normalized spacial score (nSPS) is 14.9. The zero-order valence-corrected chi connectivity index (χ0v) is 9.76. The SMILES string of the molecule is CC(Cl)CC(C)NCc1cncc(F)c1. The fraction of sp³-hybridized carbons (Fsp3) is 0.545. The van der Waals surface area contributed by atoms with Gasteiger partial charge in [-0.1, -0.05) is 0 Å². The molecule has 0 aliphatic heterocycles. The van der Waals surface area contributed by atoms with Gasteiger partial charge in [0.15, 0.2) is 0 Å². The lowest BCUT2D eigenvalue weighted by Crippen LogP contribution is -2.27. The fourth-order valence-electron chi connectivity index (χ4n) is 1.42. The maximum atomic E-state index is 12.8. The predicted octanol–water partition coefficient (Wildman–Crippen LogP) is 2.72. The molecule has 0 amide bonds. The van der Waals surface area contributed by atoms with Crippen LogP contribution in [0, 0.1) is 5.82 Å². The maximum absolute atomic E-state index is 12.8. The van der Waals surface area contributed by atoms with E-state index in [9.17, 15) is 4.39 Å². The summed E-state index contributed by atoms with van der Waals surface area (Å²) in [7, 11) is 0. The number of hydrogen-bond donors (Lipinski definition) is 1. The van der Waals surface area contributed by atoms with Crippen molar-refractivity contribution in [2.45, 2.75) is 38.2 Å². The highest BCUT2D eigenvalue weighted by molar-refractivity contribution is 6.20. The first-order valence-corrected chi connectivity index (χ1v) is 5.48. The third-order valence-electron chi connectivity index (χ3n) is 2.09. The summed E-state index contributed by atoms with van der Waals surface area (Å²) in [6.07, 6.45) is 3.75. The Morgan fingerprint density at radius 2 is 2.20 bits per heavy atom. The molecule has 2 atom stereocenters. The van der Waals surface area contributed by atoms with Crippen LogP contribution in [0.1, 0.15) is 25.8 Å². The quantitative estimate of drug-likeness (QED) is 0.787. The molecular formula is C11H16ClFN2. The van der Waals surface area contributed by atoms with Crippen molar-refractivity contribution >= 4 is 11.6 Å². The molecule has 0 fully saturated rings. The molecule has 1 aromatic heterocycles. The van der Waals surface area contributed by atoms with Crippen molar-refractivity contribution in [2.75, 3.05) is 0 Å². The molecule has 15 heavy (non-hydrogen) atoms. The van der Waals surface area contributed by atoms with Crippen LogP contribution in [0.4, 0.5) is 4.39 Å². The molecule has 1 heterocycles. The van der Waals surface area contributed by atoms with Crippen LogP contribution in [0.25, 0.3) is 0 Å². The number of alkyl halides is 1. The average molecular weight is 231 g/mol. The van der Waals surface area contributed by atoms with Crippen LogP contribution in [0.3, 0.4) is 0 Å². The van der Waals surface area contributed by atoms with Crippen LogP contribution in [0.5, 0.6) is 0 Å². The molecule has 1 rings (SSSR count). The maximum Gasteiger partial charge on any atom is 0.141 e. The lowest BCUT2D eigenvalue weighted by Gasteiger charge is -2.14. The smallest absolute Gasteiger partial charge is 0.141 e. The lowest BCUT2D eigenvalue weighted by atomic mass is 10.2. The molecule has 0 radical (unpaired) electrons. The van der Waals surface area contributed by atoms with Crippen LogP contribution in [0.15, 0.2) is 18.5 Å². The summed E-state index contributed by atoms with van der Waals surface area (Å²) in [6, 6.07) is 1.80. The molecular weight excluding hydrogens is 215 g/mol. The van der Waals surface area contributed by atoms with E-state index >= 15 is 0 Å². The molecule has 0 saturated heterocycles. The zero-order chi connectivity index (χ0) is 11.3. The Morgan fingerprint density at radius 3 is 2.80 bits per heavy atom. The zero-order valence-electron chi connectivity index (χ0n) is 9.00. The first-order chi connectivity index (χ1) is 7.08. The Hall–Kier alpha value is -0.670. The van der Waals surface area contributed by atoms with Crippen LogP contribution in [0.2, 0.25) is 0 Å². The summed E-state index contributed by atoms with van der Waals surface area (Å²) in [5.74, 6) is -0.298. The number of pyridine rings is 1. The molecule has 0 aromatic carbocycles. The number of hydrogen-bond acceptors (Lipinski definition) is 2. The van der Waals surface area contributed by atoms with Gasteiger partial charge in [-0.15, -0.1) is 11.6 Å². The van der Waals surface area contributed by atoms with E-state index in [4.69, 9.17) is 11.6 Å². The van der Waals surface area contributed by atoms with Crippen molar-refractivity contribution in [3.63, 3.8) is 0 Å². The van der Waals surface area contributed by atoms with Crippen molar-refractivity contribution in [1.82, 2.24) is 10.3 Å². The summed E-state index contributed by atoms with van der Waals surface area (Å²) in [5.41, 5.74) is 0.851. The first kappa shape index (κ1) is 12.4. The molecule has 0 bridgehead atoms. The summed E-state index contributed by atoms with van der Waals surface area (Å²) >= 11 is 5.87.